The Labute approximate surface area is 186 Å². The summed E-state index contributed by atoms with van der Waals surface area (Å²) in [7, 11) is -3.89. The fourth-order valence-corrected chi connectivity index (χ4v) is 3.90. The molecule has 0 bridgehead atoms. The minimum atomic E-state index is -3.89. The van der Waals surface area contributed by atoms with Gasteiger partial charge in [-0.3, -0.25) is 4.79 Å². The van der Waals surface area contributed by atoms with Crippen LogP contribution < -0.4 is 10.0 Å². The van der Waals surface area contributed by atoms with Crippen LogP contribution in [0.25, 0.3) is 0 Å². The minimum absolute atomic E-state index is 0.0261. The Hall–Kier alpha value is -3.43. The van der Waals surface area contributed by atoms with Gasteiger partial charge in [-0.2, -0.15) is 0 Å². The maximum absolute atomic E-state index is 12.6. The molecule has 9 heteroatoms. The van der Waals surface area contributed by atoms with Gasteiger partial charge in [0.05, 0.1) is 23.3 Å². The molecule has 1 amide bonds. The van der Waals surface area contributed by atoms with Crippen molar-refractivity contribution in [1.29, 1.82) is 0 Å². The average molecular weight is 457 g/mol. The van der Waals surface area contributed by atoms with Crippen molar-refractivity contribution >= 4 is 27.6 Å². The lowest BCUT2D eigenvalue weighted by molar-refractivity contribution is -0.119. The van der Waals surface area contributed by atoms with E-state index in [2.05, 4.69) is 10.0 Å². The smallest absolute Gasteiger partial charge is 0.338 e. The first-order chi connectivity index (χ1) is 15.2. The molecule has 0 atom stereocenters. The van der Waals surface area contributed by atoms with Gasteiger partial charge in [0.2, 0.25) is 10.0 Å². The largest absolute Gasteiger partial charge is 0.468 e. The Balaban J connectivity index is 1.64. The summed E-state index contributed by atoms with van der Waals surface area (Å²) in [6, 6.07) is 12.9. The van der Waals surface area contributed by atoms with E-state index in [4.69, 9.17) is 9.15 Å². The van der Waals surface area contributed by atoms with Gasteiger partial charge < -0.3 is 14.5 Å². The second-order valence-electron chi connectivity index (χ2n) is 7.30. The monoisotopic (exact) mass is 456 g/mol. The number of furan rings is 1. The molecule has 0 aliphatic heterocycles. The van der Waals surface area contributed by atoms with E-state index >= 15 is 0 Å². The number of anilines is 1. The van der Waals surface area contributed by atoms with Crippen molar-refractivity contribution in [3.8, 4) is 0 Å². The van der Waals surface area contributed by atoms with Crippen LogP contribution in [0, 0.1) is 20.8 Å². The van der Waals surface area contributed by atoms with E-state index < -0.39 is 28.5 Å². The molecular weight excluding hydrogens is 432 g/mol. The third-order valence-electron chi connectivity index (χ3n) is 4.88. The molecule has 168 valence electrons. The summed E-state index contributed by atoms with van der Waals surface area (Å²) in [4.78, 5) is 24.6. The van der Waals surface area contributed by atoms with Crippen LogP contribution in [-0.4, -0.2) is 26.9 Å². The van der Waals surface area contributed by atoms with Crippen LogP contribution in [0.2, 0.25) is 0 Å². The Morgan fingerprint density at radius 2 is 1.72 bits per heavy atom. The van der Waals surface area contributed by atoms with E-state index in [1.54, 1.807) is 25.1 Å². The van der Waals surface area contributed by atoms with Gasteiger partial charge in [0, 0.05) is 5.69 Å². The van der Waals surface area contributed by atoms with Crippen LogP contribution in [-0.2, 0) is 26.1 Å². The minimum Gasteiger partial charge on any atom is -0.468 e. The number of ether oxygens (including phenoxy) is 1. The molecule has 0 saturated heterocycles. The van der Waals surface area contributed by atoms with E-state index in [1.165, 1.54) is 24.5 Å². The summed E-state index contributed by atoms with van der Waals surface area (Å²) < 4.78 is 37.8. The first kappa shape index (κ1) is 23.2. The molecule has 2 N–H and O–H groups in total. The quantitative estimate of drug-likeness (QED) is 0.502. The highest BCUT2D eigenvalue weighted by Gasteiger charge is 2.20. The number of sulfonamides is 1. The summed E-state index contributed by atoms with van der Waals surface area (Å²) in [5, 5.41) is 2.67. The van der Waals surface area contributed by atoms with Gasteiger partial charge in [-0.15, -0.1) is 0 Å². The summed E-state index contributed by atoms with van der Waals surface area (Å²) in [5.41, 5.74) is 3.30. The van der Waals surface area contributed by atoms with Gasteiger partial charge in [-0.1, -0.05) is 12.1 Å². The van der Waals surface area contributed by atoms with Crippen molar-refractivity contribution in [3.63, 3.8) is 0 Å². The molecule has 32 heavy (non-hydrogen) atoms. The van der Waals surface area contributed by atoms with Crippen molar-refractivity contribution in [2.75, 3.05) is 11.9 Å². The van der Waals surface area contributed by atoms with Gasteiger partial charge in [0.15, 0.2) is 6.61 Å². The molecule has 0 fully saturated rings. The highest BCUT2D eigenvalue weighted by Crippen LogP contribution is 2.18. The predicted octanol–water partition coefficient (Wildman–Crippen LogP) is 3.48. The summed E-state index contributed by atoms with van der Waals surface area (Å²) in [6.45, 7) is 5.02. The zero-order valence-electron chi connectivity index (χ0n) is 18.0. The van der Waals surface area contributed by atoms with Crippen LogP contribution in [0.1, 0.15) is 32.8 Å². The number of benzene rings is 2. The Kier molecular flexibility index (Phi) is 7.12. The molecule has 0 saturated carbocycles. The topological polar surface area (TPSA) is 115 Å². The third-order valence-corrected chi connectivity index (χ3v) is 6.28. The highest BCUT2D eigenvalue weighted by atomic mass is 32.2. The average Bonchev–Trinajstić information content (AvgIpc) is 3.27. The lowest BCUT2D eigenvalue weighted by Crippen LogP contribution is -2.24. The number of esters is 1. The van der Waals surface area contributed by atoms with Crippen molar-refractivity contribution in [2.45, 2.75) is 32.2 Å². The van der Waals surface area contributed by atoms with Crippen molar-refractivity contribution in [2.24, 2.45) is 0 Å². The SMILES string of the molecule is Cc1ccc(NC(=O)COC(=O)c2cc(S(=O)(=O)NCc3ccco3)ccc2C)cc1C. The van der Waals surface area contributed by atoms with Crippen LogP contribution in [0.3, 0.4) is 0 Å². The number of hydrogen-bond donors (Lipinski definition) is 2. The Bertz CT molecular complexity index is 1230. The van der Waals surface area contributed by atoms with Crippen LogP contribution in [0.4, 0.5) is 5.69 Å². The maximum Gasteiger partial charge on any atom is 0.338 e. The second kappa shape index (κ2) is 9.80. The first-order valence-electron chi connectivity index (χ1n) is 9.82. The zero-order chi connectivity index (χ0) is 23.3. The van der Waals surface area contributed by atoms with E-state index in [1.807, 2.05) is 26.0 Å². The fraction of sp³-hybridized carbons (Fsp3) is 0.217. The molecule has 0 aliphatic rings. The van der Waals surface area contributed by atoms with E-state index in [0.717, 1.165) is 11.1 Å². The summed E-state index contributed by atoms with van der Waals surface area (Å²) >= 11 is 0. The predicted molar refractivity (Wildman–Crippen MR) is 119 cm³/mol. The van der Waals surface area contributed by atoms with Crippen molar-refractivity contribution in [3.05, 3.63) is 82.8 Å². The number of amides is 1. The standard InChI is InChI=1S/C23H24N2O6S/c1-15-6-8-18(11-17(15)3)25-22(26)14-31-23(27)21-12-20(9-7-16(21)2)32(28,29)24-13-19-5-4-10-30-19/h4-12,24H,13-14H2,1-3H3,(H,25,26). The van der Waals surface area contributed by atoms with Crippen LogP contribution in [0.15, 0.2) is 64.1 Å². The first-order valence-corrected chi connectivity index (χ1v) is 11.3. The molecule has 3 rings (SSSR count). The van der Waals surface area contributed by atoms with Crippen molar-refractivity contribution < 1.29 is 27.2 Å². The number of carbonyl (C=O) groups is 2. The molecule has 1 aromatic heterocycles. The van der Waals surface area contributed by atoms with Crippen LogP contribution in [0.5, 0.6) is 0 Å². The fourth-order valence-electron chi connectivity index (χ4n) is 2.88. The van der Waals surface area contributed by atoms with Gasteiger partial charge in [0.25, 0.3) is 5.91 Å². The van der Waals surface area contributed by atoms with Gasteiger partial charge in [-0.25, -0.2) is 17.9 Å². The molecule has 0 aliphatic carbocycles. The molecule has 8 nitrogen and oxygen atoms in total. The number of nitrogens with one attached hydrogen (secondary N) is 2. The van der Waals surface area contributed by atoms with Gasteiger partial charge in [-0.05, 0) is 73.9 Å². The number of carbonyl (C=O) groups excluding carboxylic acids is 2. The number of rotatable bonds is 8. The second-order valence-corrected chi connectivity index (χ2v) is 9.07. The van der Waals surface area contributed by atoms with E-state index in [-0.39, 0.29) is 17.0 Å². The molecule has 2 aromatic carbocycles. The zero-order valence-corrected chi connectivity index (χ0v) is 18.8. The number of hydrogen-bond acceptors (Lipinski definition) is 6. The van der Waals surface area contributed by atoms with E-state index in [9.17, 15) is 18.0 Å². The third kappa shape index (κ3) is 5.83. The molecule has 3 aromatic rings. The van der Waals surface area contributed by atoms with E-state index in [0.29, 0.717) is 17.0 Å². The summed E-state index contributed by atoms with van der Waals surface area (Å²) in [5.74, 6) is -0.834. The molecular formula is C23H24N2O6S. The van der Waals surface area contributed by atoms with Crippen LogP contribution >= 0.6 is 0 Å². The van der Waals surface area contributed by atoms with Gasteiger partial charge in [0.1, 0.15) is 5.76 Å². The van der Waals surface area contributed by atoms with Crippen molar-refractivity contribution in [1.82, 2.24) is 4.72 Å². The van der Waals surface area contributed by atoms with Gasteiger partial charge >= 0.3 is 5.97 Å². The molecule has 1 heterocycles. The highest BCUT2D eigenvalue weighted by molar-refractivity contribution is 7.89. The summed E-state index contributed by atoms with van der Waals surface area (Å²) in [6.07, 6.45) is 1.44. The molecule has 0 spiro atoms. The molecule has 0 unspecified atom stereocenters. The number of aryl methyl sites for hydroxylation is 3. The lowest BCUT2D eigenvalue weighted by Gasteiger charge is -2.11. The normalized spacial score (nSPS) is 11.2. The Morgan fingerprint density at radius 3 is 2.41 bits per heavy atom. The lowest BCUT2D eigenvalue weighted by atomic mass is 10.1. The Morgan fingerprint density at radius 1 is 0.969 bits per heavy atom. The maximum atomic E-state index is 12.6. The molecule has 0 radical (unpaired) electrons.